The van der Waals surface area contributed by atoms with E-state index in [4.69, 9.17) is 0 Å². The fourth-order valence-electron chi connectivity index (χ4n) is 1.57. The molecule has 0 aromatic rings. The van der Waals surface area contributed by atoms with E-state index < -0.39 is 0 Å². The minimum Gasteiger partial charge on any atom is -0.233 e. The van der Waals surface area contributed by atoms with Gasteiger partial charge in [-0.05, 0) is 18.9 Å². The molecular formula is C11H24N4S2. The molecule has 0 atom stereocenters. The second-order valence-electron chi connectivity index (χ2n) is 3.96. The number of thioether (sulfide) groups is 1. The van der Waals surface area contributed by atoms with Crippen molar-refractivity contribution in [2.75, 3.05) is 25.6 Å². The van der Waals surface area contributed by atoms with Crippen molar-refractivity contribution in [3.8, 4) is 0 Å². The van der Waals surface area contributed by atoms with Crippen molar-refractivity contribution in [1.82, 2.24) is 20.5 Å². The molecule has 0 fully saturated rings. The molecule has 1 aliphatic heterocycles. The molecule has 0 aromatic carbocycles. The van der Waals surface area contributed by atoms with Gasteiger partial charge in [-0.25, -0.2) is 10.5 Å². The number of nitrogens with zero attached hydrogens (tertiary/aromatic N) is 2. The lowest BCUT2D eigenvalue weighted by Gasteiger charge is -2.34. The molecule has 1 aliphatic rings. The van der Waals surface area contributed by atoms with Gasteiger partial charge in [0.15, 0.2) is 0 Å². The van der Waals surface area contributed by atoms with Gasteiger partial charge in [-0.3, -0.25) is 0 Å². The van der Waals surface area contributed by atoms with E-state index in [9.17, 15) is 0 Å². The number of unbranched alkanes of at least 4 members (excludes halogenated alkanes) is 3. The Labute approximate surface area is 114 Å². The van der Waals surface area contributed by atoms with Crippen LogP contribution in [0, 0.1) is 0 Å². The zero-order valence-corrected chi connectivity index (χ0v) is 12.7. The van der Waals surface area contributed by atoms with Crippen LogP contribution in [0.15, 0.2) is 11.1 Å². The molecule has 0 unspecified atom stereocenters. The van der Waals surface area contributed by atoms with Gasteiger partial charge in [-0.2, -0.15) is 4.41 Å². The Morgan fingerprint density at radius 1 is 1.35 bits per heavy atom. The van der Waals surface area contributed by atoms with Gasteiger partial charge in [0.25, 0.3) is 0 Å². The first-order valence-corrected chi connectivity index (χ1v) is 8.56. The van der Waals surface area contributed by atoms with E-state index in [1.54, 1.807) is 23.7 Å². The normalized spacial score (nSPS) is 17.4. The number of nitrogens with one attached hydrogen (secondary N) is 2. The van der Waals surface area contributed by atoms with Crippen LogP contribution in [0.2, 0.25) is 0 Å². The molecule has 1 rings (SSSR count). The molecule has 0 aromatic heterocycles. The van der Waals surface area contributed by atoms with Crippen LogP contribution < -0.4 is 11.0 Å². The summed E-state index contributed by atoms with van der Waals surface area (Å²) in [6, 6.07) is 0. The zero-order valence-electron chi connectivity index (χ0n) is 11.0. The van der Waals surface area contributed by atoms with Crippen molar-refractivity contribution in [2.45, 2.75) is 32.6 Å². The van der Waals surface area contributed by atoms with Crippen LogP contribution in [0.25, 0.3) is 0 Å². The SMILES string of the molecule is CCCCCCNN1C=C(SC)CN(SC)N1. The number of hydrogen-bond acceptors (Lipinski definition) is 6. The summed E-state index contributed by atoms with van der Waals surface area (Å²) in [5, 5.41) is 1.97. The fraction of sp³-hybridized carbons (Fsp3) is 0.818. The zero-order chi connectivity index (χ0) is 12.5. The summed E-state index contributed by atoms with van der Waals surface area (Å²) < 4.78 is 2.12. The van der Waals surface area contributed by atoms with E-state index in [-0.39, 0.29) is 0 Å². The lowest BCUT2D eigenvalue weighted by atomic mass is 10.2. The highest BCUT2D eigenvalue weighted by Gasteiger charge is 2.15. The van der Waals surface area contributed by atoms with Gasteiger partial charge >= 0.3 is 0 Å². The molecule has 100 valence electrons. The number of hydrazine groups is 3. The summed E-state index contributed by atoms with van der Waals surface area (Å²) in [6.45, 7) is 4.22. The van der Waals surface area contributed by atoms with Crippen molar-refractivity contribution in [2.24, 2.45) is 0 Å². The lowest BCUT2D eigenvalue weighted by molar-refractivity contribution is 0.0822. The van der Waals surface area contributed by atoms with Crippen LogP contribution in [-0.2, 0) is 0 Å². The monoisotopic (exact) mass is 276 g/mol. The average molecular weight is 276 g/mol. The Balaban J connectivity index is 2.26. The summed E-state index contributed by atoms with van der Waals surface area (Å²) in [7, 11) is 0. The molecule has 0 bridgehead atoms. The van der Waals surface area contributed by atoms with Crippen molar-refractivity contribution in [3.63, 3.8) is 0 Å². The Morgan fingerprint density at radius 2 is 2.18 bits per heavy atom. The van der Waals surface area contributed by atoms with Crippen LogP contribution in [0.4, 0.5) is 0 Å². The number of rotatable bonds is 8. The molecule has 0 saturated carbocycles. The maximum Gasteiger partial charge on any atom is 0.0588 e. The summed E-state index contributed by atoms with van der Waals surface area (Å²) >= 11 is 3.50. The van der Waals surface area contributed by atoms with Crippen LogP contribution in [0.3, 0.4) is 0 Å². The van der Waals surface area contributed by atoms with Gasteiger partial charge in [-0.15, -0.1) is 17.3 Å². The lowest BCUT2D eigenvalue weighted by Crippen LogP contribution is -2.54. The van der Waals surface area contributed by atoms with E-state index in [1.165, 1.54) is 30.6 Å². The summed E-state index contributed by atoms with van der Waals surface area (Å²) in [5.74, 6) is 0. The Bertz CT molecular complexity index is 236. The largest absolute Gasteiger partial charge is 0.233 e. The van der Waals surface area contributed by atoms with E-state index in [1.807, 2.05) is 5.12 Å². The van der Waals surface area contributed by atoms with Crippen LogP contribution in [0.1, 0.15) is 32.6 Å². The van der Waals surface area contributed by atoms with Gasteiger partial charge in [0, 0.05) is 17.6 Å². The smallest absolute Gasteiger partial charge is 0.0588 e. The standard InChI is InChI=1S/C11H24N4S2/c1-4-5-6-7-8-12-14-9-11(16-2)10-15(13-14)17-3/h9,12-13H,4-8,10H2,1-3H3. The van der Waals surface area contributed by atoms with E-state index in [0.717, 1.165) is 13.1 Å². The van der Waals surface area contributed by atoms with Gasteiger partial charge in [0.05, 0.1) is 6.54 Å². The predicted octanol–water partition coefficient (Wildman–Crippen LogP) is 2.59. The van der Waals surface area contributed by atoms with Crippen molar-refractivity contribution >= 4 is 23.7 Å². The Hall–Kier alpha value is 0.120. The second-order valence-corrected chi connectivity index (χ2v) is 5.70. The van der Waals surface area contributed by atoms with Crippen LogP contribution >= 0.6 is 23.7 Å². The highest BCUT2D eigenvalue weighted by molar-refractivity contribution is 8.02. The molecule has 0 saturated heterocycles. The first-order valence-electron chi connectivity index (χ1n) is 6.15. The molecule has 0 radical (unpaired) electrons. The Morgan fingerprint density at radius 3 is 2.82 bits per heavy atom. The van der Waals surface area contributed by atoms with Crippen molar-refractivity contribution < 1.29 is 0 Å². The second kappa shape index (κ2) is 9.10. The quantitative estimate of drug-likeness (QED) is 0.523. The van der Waals surface area contributed by atoms with Gasteiger partial charge < -0.3 is 0 Å². The fourth-order valence-corrected chi connectivity index (χ4v) is 2.55. The molecule has 17 heavy (non-hydrogen) atoms. The molecular weight excluding hydrogens is 252 g/mol. The van der Waals surface area contributed by atoms with Crippen LogP contribution in [-0.4, -0.2) is 35.1 Å². The van der Waals surface area contributed by atoms with Gasteiger partial charge in [0.2, 0.25) is 0 Å². The molecule has 1 heterocycles. The predicted molar refractivity (Wildman–Crippen MR) is 78.9 cm³/mol. The highest BCUT2D eigenvalue weighted by atomic mass is 32.2. The molecule has 0 spiro atoms. The molecule has 2 N–H and O–H groups in total. The molecule has 0 aliphatic carbocycles. The van der Waals surface area contributed by atoms with Crippen LogP contribution in [0.5, 0.6) is 0 Å². The third-order valence-electron chi connectivity index (χ3n) is 2.59. The summed E-state index contributed by atoms with van der Waals surface area (Å²) in [6.07, 6.45) is 11.5. The van der Waals surface area contributed by atoms with E-state index in [0.29, 0.717) is 0 Å². The highest BCUT2D eigenvalue weighted by Crippen LogP contribution is 2.19. The third kappa shape index (κ3) is 6.01. The maximum atomic E-state index is 3.39. The van der Waals surface area contributed by atoms with Gasteiger partial charge in [0.1, 0.15) is 0 Å². The van der Waals surface area contributed by atoms with E-state index in [2.05, 4.69) is 41.0 Å². The minimum absolute atomic E-state index is 0.955. The van der Waals surface area contributed by atoms with Crippen molar-refractivity contribution in [1.29, 1.82) is 0 Å². The van der Waals surface area contributed by atoms with Gasteiger partial charge in [-0.1, -0.05) is 38.1 Å². The third-order valence-corrected chi connectivity index (χ3v) is 4.00. The average Bonchev–Trinajstić information content (AvgIpc) is 2.38. The summed E-state index contributed by atoms with van der Waals surface area (Å²) in [4.78, 5) is 1.36. The first-order chi connectivity index (χ1) is 8.30. The maximum absolute atomic E-state index is 3.39. The topological polar surface area (TPSA) is 30.5 Å². The molecule has 6 heteroatoms. The molecule has 4 nitrogen and oxygen atoms in total. The summed E-state index contributed by atoms with van der Waals surface area (Å²) in [5.41, 5.74) is 6.67. The number of hydrogen-bond donors (Lipinski definition) is 2. The molecule has 0 amide bonds. The minimum atomic E-state index is 0.955. The Kier molecular flexibility index (Phi) is 8.13. The first kappa shape index (κ1) is 15.2. The van der Waals surface area contributed by atoms with E-state index >= 15 is 0 Å². The van der Waals surface area contributed by atoms with Crippen molar-refractivity contribution in [3.05, 3.63) is 11.1 Å².